The van der Waals surface area contributed by atoms with Crippen LogP contribution in [-0.4, -0.2) is 11.7 Å². The fraction of sp³-hybridized carbons (Fsp3) is 0.667. The lowest BCUT2D eigenvalue weighted by atomic mass is 10.00. The predicted octanol–water partition coefficient (Wildman–Crippen LogP) is 6.72. The molecule has 1 aromatic rings. The van der Waals surface area contributed by atoms with Crippen LogP contribution in [-0.2, 0) is 4.57 Å². The SMILES string of the molecule is Cc1cc(C)c(C(=O)[P+](=O)CCCCCCC2CCCC2)c(C)c1. The van der Waals surface area contributed by atoms with Crippen LogP contribution in [0.4, 0.5) is 0 Å². The van der Waals surface area contributed by atoms with Crippen LogP contribution in [0.5, 0.6) is 0 Å². The second-order valence-corrected chi connectivity index (χ2v) is 9.14. The molecule has 1 unspecified atom stereocenters. The molecule has 0 radical (unpaired) electrons. The number of unbranched alkanes of at least 4 members (excludes halogenated alkanes) is 3. The third kappa shape index (κ3) is 5.52. The van der Waals surface area contributed by atoms with Crippen LogP contribution in [0.3, 0.4) is 0 Å². The van der Waals surface area contributed by atoms with E-state index in [4.69, 9.17) is 0 Å². The fourth-order valence-corrected chi connectivity index (χ4v) is 5.40. The van der Waals surface area contributed by atoms with E-state index in [1.54, 1.807) is 0 Å². The van der Waals surface area contributed by atoms with Crippen LogP contribution in [0.25, 0.3) is 0 Å². The molecular weight excluding hydrogens is 315 g/mol. The normalized spacial score (nSPS) is 15.7. The Kier molecular flexibility index (Phi) is 7.62. The minimum Gasteiger partial charge on any atom is -0.234 e. The topological polar surface area (TPSA) is 34.1 Å². The van der Waals surface area contributed by atoms with Crippen LogP contribution >= 0.6 is 7.80 Å². The lowest BCUT2D eigenvalue weighted by molar-refractivity contribution is 0.107. The Morgan fingerprint density at radius 1 is 1.00 bits per heavy atom. The van der Waals surface area contributed by atoms with E-state index >= 15 is 0 Å². The molecule has 1 fully saturated rings. The average molecular weight is 347 g/mol. The first-order valence-electron chi connectivity index (χ1n) is 9.56. The summed E-state index contributed by atoms with van der Waals surface area (Å²) >= 11 is 0. The number of carbonyl (C=O) groups is 1. The summed E-state index contributed by atoms with van der Waals surface area (Å²) in [5, 5.41) is 0. The smallest absolute Gasteiger partial charge is 0.234 e. The molecular formula is C21H32O2P+. The summed E-state index contributed by atoms with van der Waals surface area (Å²) in [4.78, 5) is 12.5. The second-order valence-electron chi connectivity index (χ2n) is 7.53. The lowest BCUT2D eigenvalue weighted by Gasteiger charge is -2.07. The molecule has 1 aliphatic rings. The van der Waals surface area contributed by atoms with Crippen molar-refractivity contribution in [3.05, 3.63) is 34.4 Å². The zero-order chi connectivity index (χ0) is 17.5. The molecule has 0 heterocycles. The van der Waals surface area contributed by atoms with E-state index in [9.17, 15) is 9.36 Å². The van der Waals surface area contributed by atoms with Crippen molar-refractivity contribution < 1.29 is 9.36 Å². The number of carbonyl (C=O) groups excluding carboxylic acids is 1. The maximum absolute atomic E-state index is 12.5. The molecule has 0 bridgehead atoms. The Morgan fingerprint density at radius 3 is 2.21 bits per heavy atom. The molecule has 132 valence electrons. The van der Waals surface area contributed by atoms with Gasteiger partial charge in [-0.3, -0.25) is 0 Å². The standard InChI is InChI=1S/C21H32O2P/c1-16-14-17(2)20(18(3)15-16)21(22)24(23)13-9-5-4-6-10-19-11-7-8-12-19/h14-15,19H,4-13H2,1-3H3/q+1. The maximum atomic E-state index is 12.5. The van der Waals surface area contributed by atoms with E-state index in [1.807, 2.05) is 32.9 Å². The van der Waals surface area contributed by atoms with E-state index in [2.05, 4.69) is 0 Å². The van der Waals surface area contributed by atoms with Gasteiger partial charge in [0, 0.05) is 0 Å². The lowest BCUT2D eigenvalue weighted by Crippen LogP contribution is -2.02. The first-order valence-corrected chi connectivity index (χ1v) is 11.0. The van der Waals surface area contributed by atoms with Crippen LogP contribution in [0.15, 0.2) is 12.1 Å². The van der Waals surface area contributed by atoms with Crippen molar-refractivity contribution in [2.45, 2.75) is 78.6 Å². The summed E-state index contributed by atoms with van der Waals surface area (Å²) in [5.74, 6) is 0.968. The summed E-state index contributed by atoms with van der Waals surface area (Å²) < 4.78 is 12.4. The van der Waals surface area contributed by atoms with Gasteiger partial charge in [-0.05, 0) is 50.7 Å². The molecule has 0 N–H and O–H groups in total. The summed E-state index contributed by atoms with van der Waals surface area (Å²) in [6.45, 7) is 5.92. The van der Waals surface area contributed by atoms with Gasteiger partial charge in [-0.1, -0.05) is 67.2 Å². The van der Waals surface area contributed by atoms with Gasteiger partial charge < -0.3 is 0 Å². The maximum Gasteiger partial charge on any atom is 0.420 e. The fourth-order valence-electron chi connectivity index (χ4n) is 4.08. The van der Waals surface area contributed by atoms with E-state index < -0.39 is 7.80 Å². The molecule has 0 aromatic heterocycles. The molecule has 1 aromatic carbocycles. The molecule has 1 aliphatic carbocycles. The third-order valence-corrected chi connectivity index (χ3v) is 6.71. The predicted molar refractivity (Wildman–Crippen MR) is 103 cm³/mol. The van der Waals surface area contributed by atoms with Crippen LogP contribution in [0, 0.1) is 26.7 Å². The number of benzene rings is 1. The highest BCUT2D eigenvalue weighted by Crippen LogP contribution is 2.33. The van der Waals surface area contributed by atoms with E-state index in [0.717, 1.165) is 35.4 Å². The Hall–Kier alpha value is -1.01. The number of hydrogen-bond donors (Lipinski definition) is 0. The first-order chi connectivity index (χ1) is 11.5. The molecule has 1 saturated carbocycles. The van der Waals surface area contributed by atoms with E-state index in [1.165, 1.54) is 44.9 Å². The van der Waals surface area contributed by atoms with Gasteiger partial charge in [-0.25, -0.2) is 4.79 Å². The van der Waals surface area contributed by atoms with Crippen molar-refractivity contribution in [2.24, 2.45) is 5.92 Å². The minimum atomic E-state index is -1.78. The highest BCUT2D eigenvalue weighted by molar-refractivity contribution is 7.64. The summed E-state index contributed by atoms with van der Waals surface area (Å²) in [6.07, 6.45) is 12.1. The van der Waals surface area contributed by atoms with Gasteiger partial charge in [0.05, 0.1) is 5.56 Å². The number of aryl methyl sites for hydroxylation is 3. The third-order valence-electron chi connectivity index (χ3n) is 5.32. The average Bonchev–Trinajstić information content (AvgIpc) is 3.02. The Bertz CT molecular complexity index is 562. The Morgan fingerprint density at radius 2 is 1.58 bits per heavy atom. The molecule has 3 heteroatoms. The summed E-state index contributed by atoms with van der Waals surface area (Å²) in [6, 6.07) is 4.01. The molecule has 2 nitrogen and oxygen atoms in total. The molecule has 0 spiro atoms. The van der Waals surface area contributed by atoms with E-state index in [0.29, 0.717) is 11.7 Å². The number of hydrogen-bond acceptors (Lipinski definition) is 2. The van der Waals surface area contributed by atoms with Crippen molar-refractivity contribution in [3.8, 4) is 0 Å². The Balaban J connectivity index is 1.71. The van der Waals surface area contributed by atoms with Crippen molar-refractivity contribution in [1.82, 2.24) is 0 Å². The first kappa shape index (κ1) is 19.3. The van der Waals surface area contributed by atoms with Gasteiger partial charge in [-0.2, -0.15) is 0 Å². The zero-order valence-electron chi connectivity index (χ0n) is 15.6. The summed E-state index contributed by atoms with van der Waals surface area (Å²) in [5.41, 5.74) is 3.60. The van der Waals surface area contributed by atoms with Crippen molar-refractivity contribution >= 4 is 13.3 Å². The van der Waals surface area contributed by atoms with Crippen LogP contribution in [0.2, 0.25) is 0 Å². The van der Waals surface area contributed by atoms with Gasteiger partial charge in [-0.15, -0.1) is 0 Å². The van der Waals surface area contributed by atoms with Crippen LogP contribution < -0.4 is 0 Å². The highest BCUT2D eigenvalue weighted by Gasteiger charge is 2.31. The van der Waals surface area contributed by atoms with Crippen molar-refractivity contribution in [3.63, 3.8) is 0 Å². The van der Waals surface area contributed by atoms with Gasteiger partial charge in [0.2, 0.25) is 0 Å². The molecule has 1 atom stereocenters. The van der Waals surface area contributed by atoms with Gasteiger partial charge in [0.15, 0.2) is 6.16 Å². The van der Waals surface area contributed by atoms with E-state index in [-0.39, 0.29) is 5.52 Å². The molecule has 0 saturated heterocycles. The molecule has 2 rings (SSSR count). The second kappa shape index (κ2) is 9.47. The molecule has 24 heavy (non-hydrogen) atoms. The van der Waals surface area contributed by atoms with Gasteiger partial charge in [0.1, 0.15) is 0 Å². The number of rotatable bonds is 9. The minimum absolute atomic E-state index is 0.147. The molecule has 0 aliphatic heterocycles. The van der Waals surface area contributed by atoms with Gasteiger partial charge in [0.25, 0.3) is 0 Å². The highest BCUT2D eigenvalue weighted by atomic mass is 31.1. The monoisotopic (exact) mass is 347 g/mol. The largest absolute Gasteiger partial charge is 0.420 e. The summed E-state index contributed by atoms with van der Waals surface area (Å²) in [7, 11) is -1.78. The quantitative estimate of drug-likeness (QED) is 0.367. The zero-order valence-corrected chi connectivity index (χ0v) is 16.5. The molecule has 0 amide bonds. The van der Waals surface area contributed by atoms with Gasteiger partial charge >= 0.3 is 13.3 Å². The van der Waals surface area contributed by atoms with Crippen molar-refractivity contribution in [2.75, 3.05) is 6.16 Å². The van der Waals surface area contributed by atoms with Crippen molar-refractivity contribution in [1.29, 1.82) is 0 Å². The Labute approximate surface area is 148 Å². The van der Waals surface area contributed by atoms with Crippen LogP contribution in [0.1, 0.15) is 84.8 Å².